The molecular formula is C47H50N2O6. The van der Waals surface area contributed by atoms with Gasteiger partial charge in [0.25, 0.3) is 0 Å². The summed E-state index contributed by atoms with van der Waals surface area (Å²) in [7, 11) is 0. The summed E-state index contributed by atoms with van der Waals surface area (Å²) in [6.45, 7) is 5.11. The van der Waals surface area contributed by atoms with Crippen molar-refractivity contribution in [1.29, 1.82) is 0 Å². The third-order valence-electron chi connectivity index (χ3n) is 13.6. The molecule has 2 fully saturated rings. The molecule has 0 bridgehead atoms. The van der Waals surface area contributed by atoms with Crippen LogP contribution in [0.1, 0.15) is 124 Å². The lowest BCUT2D eigenvalue weighted by molar-refractivity contribution is -0.0900. The predicted molar refractivity (Wildman–Crippen MR) is 207 cm³/mol. The summed E-state index contributed by atoms with van der Waals surface area (Å²) in [5.74, 6) is 6.61. The number of ether oxygens (including phenoxy) is 2. The molecule has 8 heteroatoms. The van der Waals surface area contributed by atoms with Crippen molar-refractivity contribution in [3.05, 3.63) is 156 Å². The van der Waals surface area contributed by atoms with Gasteiger partial charge in [0.2, 0.25) is 12.5 Å². The fourth-order valence-corrected chi connectivity index (χ4v) is 10.7. The Morgan fingerprint density at radius 1 is 0.436 bits per heavy atom. The number of benzene rings is 2. The highest BCUT2D eigenvalue weighted by Crippen LogP contribution is 2.55. The van der Waals surface area contributed by atoms with Crippen LogP contribution in [-0.2, 0) is 0 Å². The normalized spacial score (nSPS) is 28.8. The lowest BCUT2D eigenvalue weighted by atomic mass is 9.60. The Hall–Kier alpha value is -4.92. The maximum atomic E-state index is 6.77. The van der Waals surface area contributed by atoms with Gasteiger partial charge in [0.1, 0.15) is 35.1 Å². The van der Waals surface area contributed by atoms with Crippen LogP contribution >= 0.6 is 0 Å². The van der Waals surface area contributed by atoms with Crippen molar-refractivity contribution in [2.24, 2.45) is 17.3 Å². The first-order valence-electron chi connectivity index (χ1n) is 20.2. The van der Waals surface area contributed by atoms with E-state index in [1.54, 1.807) is 25.1 Å². The molecule has 0 N–H and O–H groups in total. The molecule has 10 rings (SSSR count). The molecule has 0 amide bonds. The van der Waals surface area contributed by atoms with Crippen LogP contribution in [0.25, 0.3) is 0 Å². The molecule has 8 nitrogen and oxygen atoms in total. The van der Waals surface area contributed by atoms with E-state index in [-0.39, 0.29) is 30.0 Å². The zero-order valence-corrected chi connectivity index (χ0v) is 31.7. The third-order valence-corrected chi connectivity index (χ3v) is 13.6. The molecule has 0 radical (unpaired) electrons. The fourth-order valence-electron chi connectivity index (χ4n) is 10.7. The number of nitrogens with zero attached hydrogens (tertiary/aromatic N) is 2. The van der Waals surface area contributed by atoms with Crippen molar-refractivity contribution in [2.75, 3.05) is 0 Å². The first kappa shape index (κ1) is 34.6. The van der Waals surface area contributed by atoms with Crippen molar-refractivity contribution < 1.29 is 27.1 Å². The molecular weight excluding hydrogens is 689 g/mol. The SMILES string of the molecule is CC(C)(C1CCC(N2C(c3ccco3)Oc3ccccc3C2c2ccco2)CC1)C1CCC(N2C(c3ccco3)Oc3ccccc3C2c2ccco2)CC1. The lowest BCUT2D eigenvalue weighted by Crippen LogP contribution is -2.50. The smallest absolute Gasteiger partial charge is 0.212 e. The molecule has 4 unspecified atom stereocenters. The van der Waals surface area contributed by atoms with Crippen LogP contribution in [0.3, 0.4) is 0 Å². The maximum absolute atomic E-state index is 6.77. The minimum atomic E-state index is -0.328. The predicted octanol–water partition coefficient (Wildman–Crippen LogP) is 11.9. The van der Waals surface area contributed by atoms with E-state index in [4.69, 9.17) is 27.1 Å². The quantitative estimate of drug-likeness (QED) is 0.153. The molecule has 4 aliphatic rings. The standard InChI is InChI=1S/C47H50N2O6/c1-47(2,31-19-23-33(24-20-31)48-43(39-15-7-27-50-39)35-11-3-5-13-37(35)54-45(48)41-17-9-29-52-41)32-21-25-34(26-22-32)49-44(40-16-8-28-51-40)36-12-4-6-14-38(36)55-46(49)42-18-10-30-53-42/h3-18,27-34,43-46H,19-26H2,1-2H3. The van der Waals surface area contributed by atoms with Gasteiger partial charge in [0, 0.05) is 23.2 Å². The highest BCUT2D eigenvalue weighted by Gasteiger charge is 2.49. The molecule has 55 heavy (non-hydrogen) atoms. The summed E-state index contributed by atoms with van der Waals surface area (Å²) in [4.78, 5) is 5.08. The van der Waals surface area contributed by atoms with E-state index in [1.165, 1.54) is 25.7 Å². The van der Waals surface area contributed by atoms with Gasteiger partial charge in [-0.25, -0.2) is 9.80 Å². The van der Waals surface area contributed by atoms with E-state index in [2.05, 4.69) is 72.2 Å². The summed E-state index contributed by atoms with van der Waals surface area (Å²) >= 11 is 0. The first-order chi connectivity index (χ1) is 27.0. The Morgan fingerprint density at radius 2 is 0.800 bits per heavy atom. The second-order valence-corrected chi connectivity index (χ2v) is 16.6. The molecule has 0 spiro atoms. The Morgan fingerprint density at radius 3 is 1.16 bits per heavy atom. The van der Waals surface area contributed by atoms with Crippen molar-refractivity contribution in [3.8, 4) is 11.5 Å². The zero-order valence-electron chi connectivity index (χ0n) is 31.7. The summed E-state index contributed by atoms with van der Waals surface area (Å²) in [6.07, 6.45) is 15.5. The van der Waals surface area contributed by atoms with Gasteiger partial charge >= 0.3 is 0 Å². The van der Waals surface area contributed by atoms with Crippen LogP contribution in [0.5, 0.6) is 11.5 Å². The van der Waals surface area contributed by atoms with Crippen LogP contribution < -0.4 is 9.47 Å². The number of rotatable bonds is 8. The summed E-state index contributed by atoms with van der Waals surface area (Å²) in [5, 5.41) is 0. The van der Waals surface area contributed by atoms with E-state index < -0.39 is 0 Å². The topological polar surface area (TPSA) is 77.5 Å². The van der Waals surface area contributed by atoms with Gasteiger partial charge in [-0.3, -0.25) is 0 Å². The minimum Gasteiger partial charge on any atom is -0.467 e. The van der Waals surface area contributed by atoms with Crippen molar-refractivity contribution in [2.45, 2.75) is 102 Å². The van der Waals surface area contributed by atoms with Gasteiger partial charge in [-0.2, -0.15) is 0 Å². The van der Waals surface area contributed by atoms with Crippen LogP contribution in [0.2, 0.25) is 0 Å². The molecule has 0 saturated heterocycles. The molecule has 6 heterocycles. The summed E-state index contributed by atoms with van der Waals surface area (Å²) in [5.41, 5.74) is 2.50. The van der Waals surface area contributed by atoms with E-state index in [1.807, 2.05) is 48.5 Å². The Kier molecular flexibility index (Phi) is 8.98. The van der Waals surface area contributed by atoms with Gasteiger partial charge in [-0.1, -0.05) is 50.2 Å². The van der Waals surface area contributed by atoms with Gasteiger partial charge in [0.05, 0.1) is 25.1 Å². The van der Waals surface area contributed by atoms with Crippen molar-refractivity contribution in [3.63, 3.8) is 0 Å². The van der Waals surface area contributed by atoms with Gasteiger partial charge in [-0.05, 0) is 129 Å². The van der Waals surface area contributed by atoms with E-state index in [0.717, 1.165) is 71.4 Å². The molecule has 2 aromatic carbocycles. The molecule has 4 atom stereocenters. The van der Waals surface area contributed by atoms with Crippen LogP contribution in [0, 0.1) is 17.3 Å². The number of furan rings is 4. The van der Waals surface area contributed by atoms with Crippen LogP contribution in [0.15, 0.2) is 140 Å². The second-order valence-electron chi connectivity index (χ2n) is 16.6. The molecule has 2 aliphatic carbocycles. The average molecular weight is 739 g/mol. The highest BCUT2D eigenvalue weighted by molar-refractivity contribution is 5.43. The van der Waals surface area contributed by atoms with Crippen molar-refractivity contribution >= 4 is 0 Å². The molecule has 284 valence electrons. The monoisotopic (exact) mass is 738 g/mol. The van der Waals surface area contributed by atoms with Crippen LogP contribution in [0.4, 0.5) is 0 Å². The zero-order chi connectivity index (χ0) is 36.9. The molecule has 2 aliphatic heterocycles. The summed E-state index contributed by atoms with van der Waals surface area (Å²) < 4.78 is 37.9. The number of para-hydroxylation sites is 2. The Bertz CT molecular complexity index is 1970. The number of fused-ring (bicyclic) bond motifs is 2. The average Bonchev–Trinajstić information content (AvgIpc) is 4.09. The van der Waals surface area contributed by atoms with Gasteiger partial charge in [-0.15, -0.1) is 0 Å². The fraction of sp³-hybridized carbons (Fsp3) is 0.404. The Balaban J connectivity index is 0.870. The highest BCUT2D eigenvalue weighted by atomic mass is 16.5. The largest absolute Gasteiger partial charge is 0.467 e. The summed E-state index contributed by atoms with van der Waals surface area (Å²) in [6, 6.07) is 33.5. The van der Waals surface area contributed by atoms with Gasteiger partial charge < -0.3 is 27.1 Å². The Labute approximate surface area is 323 Å². The van der Waals surface area contributed by atoms with Crippen molar-refractivity contribution in [1.82, 2.24) is 9.80 Å². The van der Waals surface area contributed by atoms with E-state index in [9.17, 15) is 0 Å². The van der Waals surface area contributed by atoms with Crippen LogP contribution in [-0.4, -0.2) is 21.9 Å². The third kappa shape index (κ3) is 6.14. The van der Waals surface area contributed by atoms with E-state index in [0.29, 0.717) is 23.9 Å². The lowest BCUT2D eigenvalue weighted by Gasteiger charge is -2.52. The number of hydrogen-bond donors (Lipinski definition) is 0. The molecule has 4 aromatic heterocycles. The maximum Gasteiger partial charge on any atom is 0.212 e. The molecule has 6 aromatic rings. The second kappa shape index (κ2) is 14.3. The van der Waals surface area contributed by atoms with Gasteiger partial charge in [0.15, 0.2) is 11.5 Å². The number of hydrogen-bond acceptors (Lipinski definition) is 8. The van der Waals surface area contributed by atoms with E-state index >= 15 is 0 Å². The first-order valence-corrected chi connectivity index (χ1v) is 20.2. The minimum absolute atomic E-state index is 0.0550. The molecule has 2 saturated carbocycles.